The van der Waals surface area contributed by atoms with Crippen LogP contribution in [0.3, 0.4) is 0 Å². The Hall–Kier alpha value is -2.19. The number of benzene rings is 1. The Morgan fingerprint density at radius 2 is 1.97 bits per heavy atom. The Balaban J connectivity index is 1.83. The second-order valence-electron chi connectivity index (χ2n) is 8.23. The summed E-state index contributed by atoms with van der Waals surface area (Å²) >= 11 is 0. The molecule has 1 aliphatic heterocycles. The molecule has 2 aromatic rings. The number of sulfone groups is 1. The third-order valence-electron chi connectivity index (χ3n) is 5.46. The van der Waals surface area contributed by atoms with Gasteiger partial charge in [0.25, 0.3) is 0 Å². The van der Waals surface area contributed by atoms with E-state index in [4.69, 9.17) is 0 Å². The van der Waals surface area contributed by atoms with Crippen molar-refractivity contribution in [2.45, 2.75) is 62.6 Å². The van der Waals surface area contributed by atoms with E-state index in [0.29, 0.717) is 35.2 Å². The molecule has 0 amide bonds. The fourth-order valence-electron chi connectivity index (χ4n) is 3.21. The van der Waals surface area contributed by atoms with E-state index in [-0.39, 0.29) is 10.8 Å². The summed E-state index contributed by atoms with van der Waals surface area (Å²) < 4.78 is 26.0. The van der Waals surface area contributed by atoms with Crippen LogP contribution in [0, 0.1) is 6.92 Å². The summed E-state index contributed by atoms with van der Waals surface area (Å²) in [5.41, 5.74) is 1.47. The van der Waals surface area contributed by atoms with Crippen molar-refractivity contribution in [2.75, 3.05) is 23.7 Å². The van der Waals surface area contributed by atoms with Gasteiger partial charge in [0.1, 0.15) is 5.82 Å². The quantitative estimate of drug-likeness (QED) is 0.633. The molecule has 3 N–H and O–H groups in total. The molecule has 0 spiro atoms. The number of hydrogen-bond acceptors (Lipinski definition) is 7. The molecular formula is C21H31N5O2S. The van der Waals surface area contributed by atoms with Crippen LogP contribution in [0.15, 0.2) is 35.4 Å². The van der Waals surface area contributed by atoms with Gasteiger partial charge >= 0.3 is 0 Å². The zero-order valence-corrected chi connectivity index (χ0v) is 18.4. The number of nitrogens with zero attached hydrogens (tertiary/aromatic N) is 2. The summed E-state index contributed by atoms with van der Waals surface area (Å²) in [7, 11) is -3.35. The highest BCUT2D eigenvalue weighted by molar-refractivity contribution is 7.92. The van der Waals surface area contributed by atoms with Crippen LogP contribution in [0.2, 0.25) is 0 Å². The molecule has 3 rings (SSSR count). The predicted octanol–water partition coefficient (Wildman–Crippen LogP) is 3.65. The van der Waals surface area contributed by atoms with Crippen molar-refractivity contribution in [2.24, 2.45) is 0 Å². The third-order valence-corrected chi connectivity index (χ3v) is 7.72. The number of aryl methyl sites for hydroxylation is 1. The van der Waals surface area contributed by atoms with E-state index >= 15 is 0 Å². The van der Waals surface area contributed by atoms with Crippen molar-refractivity contribution < 1.29 is 8.42 Å². The molecule has 7 nitrogen and oxygen atoms in total. The minimum atomic E-state index is -3.35. The van der Waals surface area contributed by atoms with Gasteiger partial charge in [0.2, 0.25) is 5.95 Å². The van der Waals surface area contributed by atoms with E-state index in [1.807, 2.05) is 13.0 Å². The van der Waals surface area contributed by atoms with Gasteiger partial charge in [0.05, 0.1) is 10.1 Å². The summed E-state index contributed by atoms with van der Waals surface area (Å²) in [6.07, 6.45) is 3.99. The van der Waals surface area contributed by atoms with Gasteiger partial charge < -0.3 is 16.0 Å². The molecule has 1 aliphatic rings. The van der Waals surface area contributed by atoms with Crippen molar-refractivity contribution in [3.63, 3.8) is 0 Å². The van der Waals surface area contributed by atoms with E-state index in [9.17, 15) is 8.42 Å². The van der Waals surface area contributed by atoms with Gasteiger partial charge in [0, 0.05) is 23.0 Å². The highest BCUT2D eigenvalue weighted by atomic mass is 32.2. The molecule has 0 atom stereocenters. The van der Waals surface area contributed by atoms with Crippen LogP contribution in [0.1, 0.15) is 45.6 Å². The van der Waals surface area contributed by atoms with Crippen LogP contribution in [0.4, 0.5) is 17.5 Å². The molecule has 1 aromatic carbocycles. The average molecular weight is 418 g/mol. The molecule has 0 bridgehead atoms. The van der Waals surface area contributed by atoms with Crippen molar-refractivity contribution in [3.8, 4) is 0 Å². The minimum Gasteiger partial charge on any atom is -0.349 e. The standard InChI is InChI=1S/C21H31N5O2S/c1-5-21(3,4)26-20-23-14-15(2)19(25-20)24-16-7-6-8-18(13-16)29(27,28)17-9-11-22-12-10-17/h6-8,13-14,17,22H,5,9-12H2,1-4H3,(H2,23,24,25,26). The maximum atomic E-state index is 13.0. The molecule has 0 unspecified atom stereocenters. The van der Waals surface area contributed by atoms with Gasteiger partial charge in [-0.2, -0.15) is 4.98 Å². The first kappa shape index (κ1) is 21.5. The highest BCUT2D eigenvalue weighted by Crippen LogP contribution is 2.27. The fraction of sp³-hybridized carbons (Fsp3) is 0.524. The Morgan fingerprint density at radius 3 is 2.66 bits per heavy atom. The van der Waals surface area contributed by atoms with Crippen LogP contribution < -0.4 is 16.0 Å². The molecule has 0 aliphatic carbocycles. The lowest BCUT2D eigenvalue weighted by molar-refractivity contribution is 0.496. The van der Waals surface area contributed by atoms with Crippen molar-refractivity contribution in [1.82, 2.24) is 15.3 Å². The number of nitrogens with one attached hydrogen (secondary N) is 3. The summed E-state index contributed by atoms with van der Waals surface area (Å²) in [5.74, 6) is 1.20. The molecule has 1 fully saturated rings. The number of anilines is 3. The van der Waals surface area contributed by atoms with Crippen LogP contribution in [0.5, 0.6) is 0 Å². The SMILES string of the molecule is CCC(C)(C)Nc1ncc(C)c(Nc2cccc(S(=O)(=O)C3CCNCC3)c2)n1. The van der Waals surface area contributed by atoms with E-state index in [2.05, 4.69) is 46.7 Å². The first-order valence-electron chi connectivity index (χ1n) is 10.1. The molecule has 29 heavy (non-hydrogen) atoms. The summed E-state index contributed by atoms with van der Waals surface area (Å²) in [4.78, 5) is 9.31. The van der Waals surface area contributed by atoms with Crippen LogP contribution in [0.25, 0.3) is 0 Å². The monoisotopic (exact) mass is 417 g/mol. The van der Waals surface area contributed by atoms with Crippen LogP contribution in [-0.2, 0) is 9.84 Å². The number of piperidine rings is 1. The molecule has 1 aromatic heterocycles. The Morgan fingerprint density at radius 1 is 1.24 bits per heavy atom. The largest absolute Gasteiger partial charge is 0.349 e. The predicted molar refractivity (Wildman–Crippen MR) is 118 cm³/mol. The van der Waals surface area contributed by atoms with Crippen molar-refractivity contribution in [1.29, 1.82) is 0 Å². The molecule has 1 saturated heterocycles. The lowest BCUT2D eigenvalue weighted by Crippen LogP contribution is -2.35. The first-order chi connectivity index (χ1) is 13.7. The molecule has 8 heteroatoms. The average Bonchev–Trinajstić information content (AvgIpc) is 2.71. The molecule has 0 radical (unpaired) electrons. The maximum Gasteiger partial charge on any atom is 0.225 e. The van der Waals surface area contributed by atoms with Gasteiger partial charge in [-0.25, -0.2) is 13.4 Å². The first-order valence-corrected chi connectivity index (χ1v) is 11.7. The second kappa shape index (κ2) is 8.67. The Kier molecular flexibility index (Phi) is 6.43. The summed E-state index contributed by atoms with van der Waals surface area (Å²) in [6, 6.07) is 6.99. The minimum absolute atomic E-state index is 0.116. The zero-order valence-electron chi connectivity index (χ0n) is 17.6. The van der Waals surface area contributed by atoms with Gasteiger partial charge in [-0.05, 0) is 71.3 Å². The van der Waals surface area contributed by atoms with E-state index in [0.717, 1.165) is 25.1 Å². The van der Waals surface area contributed by atoms with E-state index in [1.165, 1.54) is 0 Å². The van der Waals surface area contributed by atoms with Crippen molar-refractivity contribution >= 4 is 27.3 Å². The van der Waals surface area contributed by atoms with E-state index in [1.54, 1.807) is 24.4 Å². The zero-order chi connectivity index (χ0) is 21.1. The second-order valence-corrected chi connectivity index (χ2v) is 10.5. The van der Waals surface area contributed by atoms with Crippen molar-refractivity contribution in [3.05, 3.63) is 36.0 Å². The molecule has 158 valence electrons. The van der Waals surface area contributed by atoms with Gasteiger partial charge in [0.15, 0.2) is 9.84 Å². The number of aromatic nitrogens is 2. The smallest absolute Gasteiger partial charge is 0.225 e. The van der Waals surface area contributed by atoms with E-state index < -0.39 is 9.84 Å². The molecule has 2 heterocycles. The lowest BCUT2D eigenvalue weighted by atomic mass is 10.0. The lowest BCUT2D eigenvalue weighted by Gasteiger charge is -2.25. The van der Waals surface area contributed by atoms with Gasteiger partial charge in [-0.1, -0.05) is 13.0 Å². The third kappa shape index (κ3) is 5.25. The number of rotatable bonds is 7. The molecule has 0 saturated carbocycles. The topological polar surface area (TPSA) is 96.0 Å². The Bertz CT molecular complexity index is 953. The Labute approximate surface area is 173 Å². The summed E-state index contributed by atoms with van der Waals surface area (Å²) in [5, 5.41) is 9.49. The number of hydrogen-bond donors (Lipinski definition) is 3. The normalized spacial score (nSPS) is 15.9. The van der Waals surface area contributed by atoms with Crippen LogP contribution >= 0.6 is 0 Å². The van der Waals surface area contributed by atoms with Crippen LogP contribution in [-0.4, -0.2) is 42.3 Å². The fourth-order valence-corrected chi connectivity index (χ4v) is 5.01. The van der Waals surface area contributed by atoms with Gasteiger partial charge in [-0.15, -0.1) is 0 Å². The highest BCUT2D eigenvalue weighted by Gasteiger charge is 2.29. The molecular weight excluding hydrogens is 386 g/mol. The van der Waals surface area contributed by atoms with Gasteiger partial charge in [-0.3, -0.25) is 0 Å². The maximum absolute atomic E-state index is 13.0. The summed E-state index contributed by atoms with van der Waals surface area (Å²) in [6.45, 7) is 9.70.